The zero-order valence-electron chi connectivity index (χ0n) is 7.45. The molecule has 1 heterocycles. The van der Waals surface area contributed by atoms with Crippen LogP contribution in [0.25, 0.3) is 0 Å². The fourth-order valence-electron chi connectivity index (χ4n) is 1.07. The minimum atomic E-state index is -0.0447. The van der Waals surface area contributed by atoms with Gasteiger partial charge in [0.15, 0.2) is 0 Å². The summed E-state index contributed by atoms with van der Waals surface area (Å²) in [5.41, 5.74) is 7.88. The molecule has 0 fully saturated rings. The van der Waals surface area contributed by atoms with E-state index in [4.69, 9.17) is 10.5 Å². The number of pyridine rings is 1. The molecule has 0 aliphatic carbocycles. The summed E-state index contributed by atoms with van der Waals surface area (Å²) in [5, 5.41) is 0. The van der Waals surface area contributed by atoms with E-state index >= 15 is 0 Å². The van der Waals surface area contributed by atoms with Gasteiger partial charge in [0.25, 0.3) is 0 Å². The summed E-state index contributed by atoms with van der Waals surface area (Å²) in [6, 6.07) is 3.84. The van der Waals surface area contributed by atoms with Gasteiger partial charge in [0.05, 0.1) is 12.6 Å². The Balaban J connectivity index is 2.73. The summed E-state index contributed by atoms with van der Waals surface area (Å²) in [6.45, 7) is 2.49. The van der Waals surface area contributed by atoms with Crippen LogP contribution in [0, 0.1) is 6.92 Å². The van der Waals surface area contributed by atoms with Gasteiger partial charge in [-0.05, 0) is 24.6 Å². The lowest BCUT2D eigenvalue weighted by molar-refractivity contribution is 0.181. The minimum absolute atomic E-state index is 0.0447. The first-order valence-corrected chi connectivity index (χ1v) is 3.91. The van der Waals surface area contributed by atoms with Crippen LogP contribution in [0.15, 0.2) is 18.3 Å². The molecule has 1 atom stereocenters. The van der Waals surface area contributed by atoms with E-state index in [-0.39, 0.29) is 6.04 Å². The quantitative estimate of drug-likeness (QED) is 0.729. The van der Waals surface area contributed by atoms with Crippen LogP contribution >= 0.6 is 0 Å². The SMILES string of the molecule is COCC(N)c1ccnc(C)c1. The maximum atomic E-state index is 5.82. The molecule has 1 rings (SSSR count). The van der Waals surface area contributed by atoms with E-state index in [0.717, 1.165) is 11.3 Å². The van der Waals surface area contributed by atoms with Crippen LogP contribution in [-0.2, 0) is 4.74 Å². The normalized spacial score (nSPS) is 12.9. The van der Waals surface area contributed by atoms with Crippen LogP contribution < -0.4 is 5.73 Å². The summed E-state index contributed by atoms with van der Waals surface area (Å²) in [4.78, 5) is 4.09. The van der Waals surface area contributed by atoms with Gasteiger partial charge >= 0.3 is 0 Å². The van der Waals surface area contributed by atoms with Gasteiger partial charge in [-0.3, -0.25) is 4.98 Å². The Kier molecular flexibility index (Phi) is 3.19. The third kappa shape index (κ3) is 2.29. The second-order valence-electron chi connectivity index (χ2n) is 2.79. The summed E-state index contributed by atoms with van der Waals surface area (Å²) in [5.74, 6) is 0. The number of hydrogen-bond acceptors (Lipinski definition) is 3. The van der Waals surface area contributed by atoms with Gasteiger partial charge in [-0.15, -0.1) is 0 Å². The second-order valence-corrected chi connectivity index (χ2v) is 2.79. The van der Waals surface area contributed by atoms with Crippen molar-refractivity contribution in [2.75, 3.05) is 13.7 Å². The van der Waals surface area contributed by atoms with Crippen molar-refractivity contribution in [1.82, 2.24) is 4.98 Å². The van der Waals surface area contributed by atoms with Gasteiger partial charge in [-0.2, -0.15) is 0 Å². The van der Waals surface area contributed by atoms with Gasteiger partial charge in [0.1, 0.15) is 0 Å². The van der Waals surface area contributed by atoms with Crippen LogP contribution in [0.1, 0.15) is 17.3 Å². The molecule has 0 radical (unpaired) electrons. The zero-order chi connectivity index (χ0) is 8.97. The van der Waals surface area contributed by atoms with Crippen molar-refractivity contribution < 1.29 is 4.74 Å². The topological polar surface area (TPSA) is 48.1 Å². The van der Waals surface area contributed by atoms with Gasteiger partial charge in [0.2, 0.25) is 0 Å². The van der Waals surface area contributed by atoms with Crippen molar-refractivity contribution in [3.8, 4) is 0 Å². The first-order valence-electron chi connectivity index (χ1n) is 3.91. The number of nitrogens with two attached hydrogens (primary N) is 1. The molecule has 0 spiro atoms. The predicted molar refractivity (Wildman–Crippen MR) is 47.8 cm³/mol. The fraction of sp³-hybridized carbons (Fsp3) is 0.444. The Bertz CT molecular complexity index is 250. The Labute approximate surface area is 72.6 Å². The fourth-order valence-corrected chi connectivity index (χ4v) is 1.07. The van der Waals surface area contributed by atoms with Gasteiger partial charge < -0.3 is 10.5 Å². The number of aryl methyl sites for hydroxylation is 1. The predicted octanol–water partition coefficient (Wildman–Crippen LogP) is 1.04. The summed E-state index contributed by atoms with van der Waals surface area (Å²) in [7, 11) is 1.65. The molecule has 1 unspecified atom stereocenters. The maximum absolute atomic E-state index is 5.82. The molecule has 0 aliphatic rings. The molecule has 12 heavy (non-hydrogen) atoms. The van der Waals surface area contributed by atoms with Crippen LogP contribution in [-0.4, -0.2) is 18.7 Å². The largest absolute Gasteiger partial charge is 0.383 e. The van der Waals surface area contributed by atoms with Gasteiger partial charge in [-0.25, -0.2) is 0 Å². The first kappa shape index (κ1) is 9.16. The van der Waals surface area contributed by atoms with E-state index in [2.05, 4.69) is 4.98 Å². The summed E-state index contributed by atoms with van der Waals surface area (Å²) in [6.07, 6.45) is 1.76. The van der Waals surface area contributed by atoms with Crippen LogP contribution in [0.3, 0.4) is 0 Å². The van der Waals surface area contributed by atoms with E-state index in [1.807, 2.05) is 19.1 Å². The number of nitrogens with zero attached hydrogens (tertiary/aromatic N) is 1. The third-order valence-electron chi connectivity index (χ3n) is 1.70. The second kappa shape index (κ2) is 4.18. The Morgan fingerprint density at radius 3 is 3.00 bits per heavy atom. The van der Waals surface area contributed by atoms with E-state index in [9.17, 15) is 0 Å². The van der Waals surface area contributed by atoms with Crippen molar-refractivity contribution in [2.24, 2.45) is 5.73 Å². The highest BCUT2D eigenvalue weighted by molar-refractivity contribution is 5.18. The highest BCUT2D eigenvalue weighted by atomic mass is 16.5. The molecule has 1 aromatic heterocycles. The highest BCUT2D eigenvalue weighted by Gasteiger charge is 2.04. The lowest BCUT2D eigenvalue weighted by Crippen LogP contribution is -2.16. The minimum Gasteiger partial charge on any atom is -0.383 e. The summed E-state index contributed by atoms with van der Waals surface area (Å²) < 4.78 is 4.95. The Morgan fingerprint density at radius 1 is 1.67 bits per heavy atom. The Hall–Kier alpha value is -0.930. The first-order chi connectivity index (χ1) is 5.74. The molecule has 0 amide bonds. The van der Waals surface area contributed by atoms with Crippen molar-refractivity contribution in [1.29, 1.82) is 0 Å². The average Bonchev–Trinajstić information content (AvgIpc) is 2.05. The lowest BCUT2D eigenvalue weighted by atomic mass is 10.1. The van der Waals surface area contributed by atoms with E-state index in [1.54, 1.807) is 13.3 Å². The molecule has 1 aromatic rings. The number of rotatable bonds is 3. The molecule has 3 heteroatoms. The molecule has 0 bridgehead atoms. The monoisotopic (exact) mass is 166 g/mol. The van der Waals surface area contributed by atoms with Crippen molar-refractivity contribution in [2.45, 2.75) is 13.0 Å². The summed E-state index contributed by atoms with van der Waals surface area (Å²) >= 11 is 0. The standard InChI is InChI=1S/C9H14N2O/c1-7-5-8(3-4-11-7)9(10)6-12-2/h3-5,9H,6,10H2,1-2H3. The van der Waals surface area contributed by atoms with E-state index in [0.29, 0.717) is 6.61 Å². The molecule has 0 aliphatic heterocycles. The molecule has 3 nitrogen and oxygen atoms in total. The highest BCUT2D eigenvalue weighted by Crippen LogP contribution is 2.09. The van der Waals surface area contributed by atoms with Crippen molar-refractivity contribution in [3.05, 3.63) is 29.6 Å². The zero-order valence-corrected chi connectivity index (χ0v) is 7.45. The average molecular weight is 166 g/mol. The Morgan fingerprint density at radius 2 is 2.42 bits per heavy atom. The van der Waals surface area contributed by atoms with E-state index in [1.165, 1.54) is 0 Å². The van der Waals surface area contributed by atoms with Gasteiger partial charge in [0, 0.05) is 19.0 Å². The van der Waals surface area contributed by atoms with Crippen molar-refractivity contribution >= 4 is 0 Å². The molecule has 0 saturated carbocycles. The number of ether oxygens (including phenoxy) is 1. The molecule has 0 saturated heterocycles. The number of aromatic nitrogens is 1. The lowest BCUT2D eigenvalue weighted by Gasteiger charge is -2.10. The smallest absolute Gasteiger partial charge is 0.0655 e. The van der Waals surface area contributed by atoms with Gasteiger partial charge in [-0.1, -0.05) is 0 Å². The van der Waals surface area contributed by atoms with Crippen LogP contribution in [0.4, 0.5) is 0 Å². The number of hydrogen-bond donors (Lipinski definition) is 1. The maximum Gasteiger partial charge on any atom is 0.0655 e. The number of methoxy groups -OCH3 is 1. The molecule has 2 N–H and O–H groups in total. The van der Waals surface area contributed by atoms with E-state index < -0.39 is 0 Å². The van der Waals surface area contributed by atoms with Crippen LogP contribution in [0.5, 0.6) is 0 Å². The molecule has 66 valence electrons. The third-order valence-corrected chi connectivity index (χ3v) is 1.70. The van der Waals surface area contributed by atoms with Crippen molar-refractivity contribution in [3.63, 3.8) is 0 Å². The molecular formula is C9H14N2O. The molecule has 0 aromatic carbocycles. The molecular weight excluding hydrogens is 152 g/mol. The van der Waals surface area contributed by atoms with Crippen LogP contribution in [0.2, 0.25) is 0 Å².